The highest BCUT2D eigenvalue weighted by molar-refractivity contribution is 6.02. The molecular formula is C32H41N3O3. The number of hydrogen-bond donors (Lipinski definition) is 1. The van der Waals surface area contributed by atoms with Crippen LogP contribution in [0.5, 0.6) is 0 Å². The van der Waals surface area contributed by atoms with Gasteiger partial charge in [0.1, 0.15) is 5.92 Å². The predicted molar refractivity (Wildman–Crippen MR) is 150 cm³/mol. The van der Waals surface area contributed by atoms with Gasteiger partial charge >= 0.3 is 5.97 Å². The van der Waals surface area contributed by atoms with Crippen LogP contribution in [-0.4, -0.2) is 54.3 Å². The number of hydrogen-bond acceptors (Lipinski definition) is 6. The maximum absolute atomic E-state index is 13.9. The summed E-state index contributed by atoms with van der Waals surface area (Å²) in [6.45, 7) is 4.05. The van der Waals surface area contributed by atoms with E-state index in [1.165, 1.54) is 38.4 Å². The number of piperidine rings is 1. The van der Waals surface area contributed by atoms with Gasteiger partial charge in [0.2, 0.25) is 0 Å². The quantitative estimate of drug-likeness (QED) is 0.331. The van der Waals surface area contributed by atoms with E-state index in [0.717, 1.165) is 55.7 Å². The number of nitrogens with one attached hydrogen (secondary N) is 1. The lowest BCUT2D eigenvalue weighted by Gasteiger charge is -2.46. The molecule has 202 valence electrons. The van der Waals surface area contributed by atoms with E-state index in [0.29, 0.717) is 6.42 Å². The number of anilines is 1. The van der Waals surface area contributed by atoms with Gasteiger partial charge in [-0.25, -0.2) is 0 Å². The molecule has 0 unspecified atom stereocenters. The maximum atomic E-state index is 13.9. The minimum absolute atomic E-state index is 0.00801. The van der Waals surface area contributed by atoms with Crippen molar-refractivity contribution in [2.75, 3.05) is 25.5 Å². The molecule has 0 saturated carbocycles. The highest BCUT2D eigenvalue weighted by atomic mass is 16.6. The van der Waals surface area contributed by atoms with Gasteiger partial charge in [-0.3, -0.25) is 14.7 Å². The van der Waals surface area contributed by atoms with Crippen molar-refractivity contribution in [1.29, 1.82) is 0 Å². The predicted octanol–water partition coefficient (Wildman–Crippen LogP) is 5.93. The van der Waals surface area contributed by atoms with Gasteiger partial charge in [0.25, 0.3) is 0 Å². The molecule has 4 aliphatic heterocycles. The summed E-state index contributed by atoms with van der Waals surface area (Å²) in [4.78, 5) is 21.9. The molecule has 1 N–H and O–H groups in total. The van der Waals surface area contributed by atoms with E-state index in [-0.39, 0.29) is 17.9 Å². The first kappa shape index (κ1) is 25.6. The highest BCUT2D eigenvalue weighted by Crippen LogP contribution is 2.64. The number of aliphatic imine (C=N–C) groups is 1. The lowest BCUT2D eigenvalue weighted by atomic mass is 9.67. The molecular weight excluding hydrogens is 474 g/mol. The smallest absolute Gasteiger partial charge is 0.314 e. The normalized spacial score (nSPS) is 31.7. The van der Waals surface area contributed by atoms with Gasteiger partial charge in [0.15, 0.2) is 11.4 Å². The lowest BCUT2D eigenvalue weighted by Crippen LogP contribution is -2.62. The molecule has 6 rings (SSSR count). The van der Waals surface area contributed by atoms with Crippen LogP contribution in [-0.2, 0) is 20.7 Å². The van der Waals surface area contributed by atoms with E-state index < -0.39 is 17.4 Å². The fourth-order valence-corrected chi connectivity index (χ4v) is 7.52. The molecule has 6 heteroatoms. The summed E-state index contributed by atoms with van der Waals surface area (Å²) in [5, 5.41) is 3.84. The Labute approximate surface area is 226 Å². The molecule has 0 amide bonds. The topological polar surface area (TPSA) is 63.2 Å². The molecule has 2 saturated heterocycles. The highest BCUT2D eigenvalue weighted by Gasteiger charge is 2.76. The van der Waals surface area contributed by atoms with Gasteiger partial charge in [0.05, 0.1) is 24.8 Å². The second-order valence-corrected chi connectivity index (χ2v) is 11.4. The molecule has 4 heterocycles. The van der Waals surface area contributed by atoms with E-state index in [4.69, 9.17) is 14.5 Å². The van der Waals surface area contributed by atoms with Crippen LogP contribution in [0, 0.1) is 5.92 Å². The largest absolute Gasteiger partial charge is 0.469 e. The Morgan fingerprint density at radius 2 is 1.82 bits per heavy atom. The zero-order chi connectivity index (χ0) is 26.2. The number of likely N-dealkylation sites (tertiary alicyclic amines) is 1. The first-order valence-corrected chi connectivity index (χ1v) is 14.7. The van der Waals surface area contributed by atoms with Crippen molar-refractivity contribution < 1.29 is 14.3 Å². The number of nitrogens with zero attached hydrogens (tertiary/aromatic N) is 2. The van der Waals surface area contributed by atoms with E-state index >= 15 is 0 Å². The van der Waals surface area contributed by atoms with Crippen molar-refractivity contribution in [3.8, 4) is 0 Å². The summed E-state index contributed by atoms with van der Waals surface area (Å²) < 4.78 is 13.0. The zero-order valence-electron chi connectivity index (χ0n) is 22.8. The number of carbonyl (C=O) groups excluding carboxylic acids is 1. The second kappa shape index (κ2) is 10.5. The Balaban J connectivity index is 1.52. The van der Waals surface area contributed by atoms with Crippen molar-refractivity contribution >= 4 is 17.4 Å². The average Bonchev–Trinajstić information content (AvgIpc) is 3.46. The maximum Gasteiger partial charge on any atom is 0.314 e. The Morgan fingerprint density at radius 3 is 2.58 bits per heavy atom. The van der Waals surface area contributed by atoms with Gasteiger partial charge < -0.3 is 14.8 Å². The van der Waals surface area contributed by atoms with Crippen molar-refractivity contribution in [1.82, 2.24) is 4.90 Å². The second-order valence-electron chi connectivity index (χ2n) is 11.4. The summed E-state index contributed by atoms with van der Waals surface area (Å²) in [5.74, 6) is -0.849. The first-order chi connectivity index (χ1) is 18.6. The van der Waals surface area contributed by atoms with Crippen LogP contribution in [0.1, 0.15) is 75.3 Å². The first-order valence-electron chi connectivity index (χ1n) is 14.7. The van der Waals surface area contributed by atoms with E-state index in [2.05, 4.69) is 65.7 Å². The van der Waals surface area contributed by atoms with Gasteiger partial charge in [-0.15, -0.1) is 0 Å². The number of carbonyl (C=O) groups is 1. The average molecular weight is 516 g/mol. The number of fused-ring (bicyclic) bond motifs is 3. The number of unbranched alkanes of at least 4 members (excludes halogenated alkanes) is 3. The summed E-state index contributed by atoms with van der Waals surface area (Å²) in [6, 6.07) is 18.9. The summed E-state index contributed by atoms with van der Waals surface area (Å²) >= 11 is 0. The minimum Gasteiger partial charge on any atom is -0.469 e. The number of methoxy groups -OCH3 is 1. The van der Waals surface area contributed by atoms with Crippen LogP contribution < -0.4 is 5.32 Å². The molecule has 6 nitrogen and oxygen atoms in total. The van der Waals surface area contributed by atoms with Crippen LogP contribution in [0.3, 0.4) is 0 Å². The molecule has 0 aliphatic carbocycles. The Kier molecular flexibility index (Phi) is 7.04. The summed E-state index contributed by atoms with van der Waals surface area (Å²) in [6.07, 6.45) is 9.76. The number of esters is 1. The third kappa shape index (κ3) is 3.99. The van der Waals surface area contributed by atoms with Crippen molar-refractivity contribution in [2.24, 2.45) is 10.9 Å². The van der Waals surface area contributed by atoms with Crippen molar-refractivity contribution in [3.63, 3.8) is 0 Å². The Bertz CT molecular complexity index is 1180. The number of benzene rings is 2. The van der Waals surface area contributed by atoms with Crippen LogP contribution in [0.4, 0.5) is 5.69 Å². The Morgan fingerprint density at radius 1 is 1.05 bits per heavy atom. The third-order valence-corrected chi connectivity index (χ3v) is 9.21. The number of rotatable bonds is 9. The van der Waals surface area contributed by atoms with E-state index in [1.807, 2.05) is 6.07 Å². The lowest BCUT2D eigenvalue weighted by molar-refractivity contribution is -0.167. The monoisotopic (exact) mass is 515 g/mol. The molecule has 4 aliphatic rings. The SMILES string of the molecule is CCCCCC[C@@H]1Nc2ccccc2[C@@H]2[C@@H](C(=O)OC)[C@]3(N4CCCCC4)O[C@]12N=C3Cc1ccccc1. The summed E-state index contributed by atoms with van der Waals surface area (Å²) in [7, 11) is 1.52. The molecule has 0 radical (unpaired) electrons. The molecule has 2 aromatic carbocycles. The van der Waals surface area contributed by atoms with Crippen molar-refractivity contribution in [2.45, 2.75) is 88.1 Å². The summed E-state index contributed by atoms with van der Waals surface area (Å²) in [5.41, 5.74) is 2.67. The van der Waals surface area contributed by atoms with Gasteiger partial charge in [0, 0.05) is 25.2 Å². The van der Waals surface area contributed by atoms with E-state index in [9.17, 15) is 4.79 Å². The van der Waals surface area contributed by atoms with Gasteiger partial charge in [-0.05, 0) is 36.5 Å². The fraction of sp³-hybridized carbons (Fsp3) is 0.562. The van der Waals surface area contributed by atoms with Crippen LogP contribution >= 0.6 is 0 Å². The number of para-hydroxylation sites is 1. The van der Waals surface area contributed by atoms with Crippen LogP contribution in [0.2, 0.25) is 0 Å². The van der Waals surface area contributed by atoms with E-state index in [1.54, 1.807) is 0 Å². The molecule has 0 aromatic heterocycles. The van der Waals surface area contributed by atoms with Gasteiger partial charge in [-0.1, -0.05) is 87.6 Å². The molecule has 1 spiro atoms. The van der Waals surface area contributed by atoms with Gasteiger partial charge in [-0.2, -0.15) is 0 Å². The standard InChI is InChI=1S/C32H41N3O3/c1-3-4-5-10-19-26-31-28(24-17-11-12-18-25(24)33-26)29(30(36)37-2)32(38-31,35-20-13-7-14-21-35)27(34-31)22-23-15-8-6-9-16-23/h6,8-9,11-12,15-18,26,28-29,33H,3-5,7,10,13-14,19-22H2,1-2H3/t26-,28+,29-,31+,32+/m0/s1. The number of ether oxygens (including phenoxy) is 2. The van der Waals surface area contributed by atoms with Crippen LogP contribution in [0.15, 0.2) is 59.6 Å². The Hall–Kier alpha value is -2.70. The molecule has 5 atom stereocenters. The third-order valence-electron chi connectivity index (χ3n) is 9.21. The molecule has 38 heavy (non-hydrogen) atoms. The molecule has 2 bridgehead atoms. The minimum atomic E-state index is -0.894. The molecule has 2 aromatic rings. The van der Waals surface area contributed by atoms with Crippen LogP contribution in [0.25, 0.3) is 0 Å². The van der Waals surface area contributed by atoms with Crippen molar-refractivity contribution in [3.05, 3.63) is 65.7 Å². The molecule has 2 fully saturated rings. The zero-order valence-corrected chi connectivity index (χ0v) is 22.8. The fourth-order valence-electron chi connectivity index (χ4n) is 7.52.